The Morgan fingerprint density at radius 3 is 2.52 bits per heavy atom. The summed E-state index contributed by atoms with van der Waals surface area (Å²) >= 11 is 1.50. The molecule has 2 aromatic rings. The molecule has 1 saturated heterocycles. The molecule has 152 valence electrons. The van der Waals surface area contributed by atoms with Crippen LogP contribution in [0.1, 0.15) is 12.5 Å². The van der Waals surface area contributed by atoms with Gasteiger partial charge in [-0.1, -0.05) is 42.1 Å². The van der Waals surface area contributed by atoms with Gasteiger partial charge in [0.25, 0.3) is 0 Å². The minimum atomic E-state index is -2.94. The van der Waals surface area contributed by atoms with E-state index >= 15 is 0 Å². The van der Waals surface area contributed by atoms with Crippen LogP contribution in [0.4, 0.5) is 11.4 Å². The van der Waals surface area contributed by atoms with Gasteiger partial charge in [0.05, 0.1) is 24.0 Å². The van der Waals surface area contributed by atoms with Crippen LogP contribution in [0.15, 0.2) is 59.6 Å². The molecule has 8 heteroatoms. The Balaban J connectivity index is 1.37. The summed E-state index contributed by atoms with van der Waals surface area (Å²) in [5, 5.41) is 4.05. The first-order valence-electron chi connectivity index (χ1n) is 9.60. The number of fused-ring (bicyclic) bond motifs is 1. The second kappa shape index (κ2) is 8.20. The summed E-state index contributed by atoms with van der Waals surface area (Å²) in [7, 11) is -2.94. The van der Waals surface area contributed by atoms with Gasteiger partial charge < -0.3 is 10.2 Å². The van der Waals surface area contributed by atoms with Crippen molar-refractivity contribution >= 4 is 44.0 Å². The van der Waals surface area contributed by atoms with E-state index in [2.05, 4.69) is 10.3 Å². The van der Waals surface area contributed by atoms with E-state index in [0.717, 1.165) is 22.1 Å². The van der Waals surface area contributed by atoms with E-state index < -0.39 is 9.84 Å². The average Bonchev–Trinajstić information content (AvgIpc) is 3.17. The summed E-state index contributed by atoms with van der Waals surface area (Å²) in [6.45, 7) is 2.59. The third-order valence-corrected chi connectivity index (χ3v) is 8.21. The number of aliphatic imine (C=N–C) groups is 1. The predicted molar refractivity (Wildman–Crippen MR) is 119 cm³/mol. The number of anilines is 2. The number of sulfone groups is 1. The molecule has 0 spiro atoms. The fraction of sp³-hybridized carbons (Fsp3) is 0.333. The number of carbonyl (C=O) groups is 1. The number of nitrogens with zero attached hydrogens (tertiary/aromatic N) is 2. The topological polar surface area (TPSA) is 78.8 Å². The number of para-hydroxylation sites is 1. The van der Waals surface area contributed by atoms with Crippen molar-refractivity contribution in [2.75, 3.05) is 28.3 Å². The highest BCUT2D eigenvalue weighted by atomic mass is 32.2. The van der Waals surface area contributed by atoms with Gasteiger partial charge in [0.2, 0.25) is 5.91 Å². The van der Waals surface area contributed by atoms with Crippen LogP contribution in [0.2, 0.25) is 0 Å². The van der Waals surface area contributed by atoms with Gasteiger partial charge in [-0.3, -0.25) is 9.79 Å². The lowest BCUT2D eigenvalue weighted by Crippen LogP contribution is -2.31. The number of hydrogen-bond donors (Lipinski definition) is 1. The lowest BCUT2D eigenvalue weighted by molar-refractivity contribution is -0.117. The van der Waals surface area contributed by atoms with Gasteiger partial charge in [0, 0.05) is 23.2 Å². The molecular weight excluding hydrogens is 406 g/mol. The van der Waals surface area contributed by atoms with E-state index in [1.807, 2.05) is 61.5 Å². The van der Waals surface area contributed by atoms with Gasteiger partial charge in [-0.25, -0.2) is 8.42 Å². The third-order valence-electron chi connectivity index (χ3n) is 5.06. The van der Waals surface area contributed by atoms with Crippen molar-refractivity contribution in [3.8, 4) is 0 Å². The maximum absolute atomic E-state index is 12.7. The number of benzene rings is 2. The summed E-state index contributed by atoms with van der Waals surface area (Å²) in [5.41, 5.74) is 2.73. The van der Waals surface area contributed by atoms with Gasteiger partial charge in [-0.05, 0) is 36.8 Å². The number of thioether (sulfide) groups is 1. The maximum atomic E-state index is 12.7. The molecule has 2 aliphatic heterocycles. The summed E-state index contributed by atoms with van der Waals surface area (Å²) in [6, 6.07) is 17.3. The van der Waals surface area contributed by atoms with Crippen molar-refractivity contribution in [3.05, 3.63) is 60.2 Å². The first-order chi connectivity index (χ1) is 13.9. The van der Waals surface area contributed by atoms with Crippen molar-refractivity contribution < 1.29 is 13.2 Å². The second-order valence-corrected chi connectivity index (χ2v) is 10.6. The number of likely N-dealkylation sites (N-methyl/N-ethyl adjacent to an activating group) is 1. The van der Waals surface area contributed by atoms with E-state index in [0.29, 0.717) is 13.0 Å². The molecule has 0 saturated carbocycles. The highest BCUT2D eigenvalue weighted by Gasteiger charge is 2.42. The van der Waals surface area contributed by atoms with Crippen molar-refractivity contribution in [2.45, 2.75) is 24.6 Å². The number of carbonyl (C=O) groups excluding carboxylic acids is 1. The molecule has 1 amide bonds. The Bertz CT molecular complexity index is 1020. The van der Waals surface area contributed by atoms with Crippen LogP contribution >= 0.6 is 11.8 Å². The molecule has 0 radical (unpaired) electrons. The highest BCUT2D eigenvalue weighted by Crippen LogP contribution is 2.34. The number of nitrogens with one attached hydrogen (secondary N) is 1. The molecule has 0 aromatic heterocycles. The Hall–Kier alpha value is -2.32. The van der Waals surface area contributed by atoms with Gasteiger partial charge >= 0.3 is 0 Å². The van der Waals surface area contributed by atoms with E-state index in [4.69, 9.17) is 0 Å². The first-order valence-corrected chi connectivity index (χ1v) is 12.3. The largest absolute Gasteiger partial charge is 0.335 e. The number of hydrogen-bond acceptors (Lipinski definition) is 6. The zero-order valence-corrected chi connectivity index (χ0v) is 17.7. The Labute approximate surface area is 175 Å². The lowest BCUT2D eigenvalue weighted by Gasteiger charge is -2.21. The molecule has 0 aliphatic carbocycles. The highest BCUT2D eigenvalue weighted by molar-refractivity contribution is 8.15. The van der Waals surface area contributed by atoms with E-state index in [9.17, 15) is 13.2 Å². The molecule has 1 N–H and O–H groups in total. The number of rotatable bonds is 5. The number of amidine groups is 1. The van der Waals surface area contributed by atoms with Crippen LogP contribution in [0.5, 0.6) is 0 Å². The zero-order valence-electron chi connectivity index (χ0n) is 16.1. The van der Waals surface area contributed by atoms with Gasteiger partial charge in [0.1, 0.15) is 0 Å². The minimum Gasteiger partial charge on any atom is -0.335 e. The summed E-state index contributed by atoms with van der Waals surface area (Å²) in [4.78, 5) is 19.0. The Morgan fingerprint density at radius 1 is 1.14 bits per heavy atom. The van der Waals surface area contributed by atoms with Crippen LogP contribution in [0.3, 0.4) is 0 Å². The molecule has 2 atom stereocenters. The van der Waals surface area contributed by atoms with E-state index in [1.54, 1.807) is 4.90 Å². The standard InChI is InChI=1S/C21H23N3O3S2/c1-2-24(17-6-4-3-5-7-17)20(25)12-15-8-10-16(11-9-15)22-21-23-18-13-29(26,27)14-19(18)28-21/h3-11,18-19H,2,12-14H2,1H3,(H,22,23)/t18-,19+/m1/s1. The van der Waals surface area contributed by atoms with Crippen molar-refractivity contribution in [3.63, 3.8) is 0 Å². The van der Waals surface area contributed by atoms with Crippen LogP contribution in [0.25, 0.3) is 0 Å². The summed E-state index contributed by atoms with van der Waals surface area (Å²) in [6.07, 6.45) is 0.334. The SMILES string of the molecule is CCN(C(=O)Cc1ccc(NC2=N[C@@H]3CS(=O)(=O)C[C@@H]3S2)cc1)c1ccccc1. The van der Waals surface area contributed by atoms with E-state index in [-0.39, 0.29) is 28.7 Å². The van der Waals surface area contributed by atoms with Crippen LogP contribution in [-0.4, -0.2) is 48.8 Å². The van der Waals surface area contributed by atoms with Crippen LogP contribution in [0, 0.1) is 0 Å². The zero-order chi connectivity index (χ0) is 20.4. The fourth-order valence-corrected chi connectivity index (χ4v) is 7.30. The van der Waals surface area contributed by atoms with E-state index in [1.165, 1.54) is 11.8 Å². The molecule has 29 heavy (non-hydrogen) atoms. The quantitative estimate of drug-likeness (QED) is 0.791. The molecular formula is C21H23N3O3S2. The average molecular weight is 430 g/mol. The van der Waals surface area contributed by atoms with Gasteiger partial charge in [-0.15, -0.1) is 0 Å². The normalized spacial score (nSPS) is 22.0. The molecule has 0 bridgehead atoms. The molecule has 4 rings (SSSR count). The van der Waals surface area contributed by atoms with Crippen molar-refractivity contribution in [1.82, 2.24) is 0 Å². The Morgan fingerprint density at radius 2 is 1.86 bits per heavy atom. The molecule has 0 unspecified atom stereocenters. The Kier molecular flexibility index (Phi) is 5.65. The molecule has 2 heterocycles. The molecule has 6 nitrogen and oxygen atoms in total. The first kappa shape index (κ1) is 20.0. The number of amides is 1. The van der Waals surface area contributed by atoms with Gasteiger partial charge in [0.15, 0.2) is 15.0 Å². The molecule has 2 aromatic carbocycles. The summed E-state index contributed by atoms with van der Waals surface area (Å²) in [5.74, 6) is 0.406. The summed E-state index contributed by atoms with van der Waals surface area (Å²) < 4.78 is 23.3. The smallest absolute Gasteiger partial charge is 0.231 e. The van der Waals surface area contributed by atoms with Gasteiger partial charge in [-0.2, -0.15) is 0 Å². The second-order valence-electron chi connectivity index (χ2n) is 7.21. The van der Waals surface area contributed by atoms with Crippen LogP contribution < -0.4 is 10.2 Å². The fourth-order valence-electron chi connectivity index (χ4n) is 3.63. The van der Waals surface area contributed by atoms with Crippen molar-refractivity contribution in [1.29, 1.82) is 0 Å². The minimum absolute atomic E-state index is 0.0254. The lowest BCUT2D eigenvalue weighted by atomic mass is 10.1. The molecule has 2 aliphatic rings. The third kappa shape index (κ3) is 4.64. The molecule has 1 fully saturated rings. The maximum Gasteiger partial charge on any atom is 0.231 e. The van der Waals surface area contributed by atoms with Crippen molar-refractivity contribution in [2.24, 2.45) is 4.99 Å². The van der Waals surface area contributed by atoms with Crippen LogP contribution in [-0.2, 0) is 21.1 Å². The monoisotopic (exact) mass is 429 g/mol. The predicted octanol–water partition coefficient (Wildman–Crippen LogP) is 2.96.